The van der Waals surface area contributed by atoms with Crippen molar-refractivity contribution in [2.75, 3.05) is 32.8 Å². The molecule has 1 saturated heterocycles. The first-order valence-electron chi connectivity index (χ1n) is 11.8. The van der Waals surface area contributed by atoms with Gasteiger partial charge in [-0.25, -0.2) is 0 Å². The highest BCUT2D eigenvalue weighted by Gasteiger charge is 2.25. The van der Waals surface area contributed by atoms with Crippen LogP contribution in [0.5, 0.6) is 0 Å². The molecule has 0 aliphatic carbocycles. The highest BCUT2D eigenvalue weighted by molar-refractivity contribution is 14.0. The molecule has 2 aliphatic rings. The molecule has 3 heterocycles. The third-order valence-corrected chi connectivity index (χ3v) is 6.26. The van der Waals surface area contributed by atoms with E-state index in [1.165, 1.54) is 36.0 Å². The van der Waals surface area contributed by atoms with Crippen LogP contribution >= 0.6 is 24.0 Å². The van der Waals surface area contributed by atoms with E-state index in [1.54, 1.807) is 0 Å². The van der Waals surface area contributed by atoms with Gasteiger partial charge < -0.3 is 19.5 Å². The summed E-state index contributed by atoms with van der Waals surface area (Å²) in [6.45, 7) is 11.4. The Bertz CT molecular complexity index is 912. The number of aryl methyl sites for hydroxylation is 3. The van der Waals surface area contributed by atoms with Crippen LogP contribution in [0.3, 0.4) is 0 Å². The third-order valence-electron chi connectivity index (χ3n) is 6.26. The SMILES string of the molecule is CCNC(=NCCc1nnc2n1CCCCC2)N1CCOC(c2ccc(C)cc2C)C1.I. The molecular weight excluding hydrogens is 515 g/mol. The summed E-state index contributed by atoms with van der Waals surface area (Å²) in [6, 6.07) is 6.61. The summed E-state index contributed by atoms with van der Waals surface area (Å²) >= 11 is 0. The Morgan fingerprint density at radius 3 is 2.88 bits per heavy atom. The molecule has 0 amide bonds. The minimum atomic E-state index is 0. The van der Waals surface area contributed by atoms with Crippen LogP contribution in [-0.4, -0.2) is 58.4 Å². The number of fused-ring (bicyclic) bond motifs is 1. The van der Waals surface area contributed by atoms with Gasteiger partial charge in [0.25, 0.3) is 0 Å². The Morgan fingerprint density at radius 2 is 2.06 bits per heavy atom. The molecule has 2 aliphatic heterocycles. The third kappa shape index (κ3) is 6.01. The number of nitrogens with zero attached hydrogens (tertiary/aromatic N) is 5. The zero-order valence-corrected chi connectivity index (χ0v) is 22.0. The second kappa shape index (κ2) is 12.0. The molecule has 0 bridgehead atoms. The van der Waals surface area contributed by atoms with Gasteiger partial charge in [-0.3, -0.25) is 4.99 Å². The molecule has 1 aromatic heterocycles. The highest BCUT2D eigenvalue weighted by Crippen LogP contribution is 2.26. The lowest BCUT2D eigenvalue weighted by Crippen LogP contribution is -2.48. The van der Waals surface area contributed by atoms with Crippen molar-refractivity contribution in [2.24, 2.45) is 4.99 Å². The van der Waals surface area contributed by atoms with Crippen molar-refractivity contribution in [3.8, 4) is 0 Å². The minimum absolute atomic E-state index is 0. The van der Waals surface area contributed by atoms with E-state index < -0.39 is 0 Å². The number of hydrogen-bond donors (Lipinski definition) is 1. The predicted molar refractivity (Wildman–Crippen MR) is 139 cm³/mol. The van der Waals surface area contributed by atoms with Crippen LogP contribution in [0.2, 0.25) is 0 Å². The number of aromatic nitrogens is 3. The Kier molecular flexibility index (Phi) is 9.34. The molecule has 1 unspecified atom stereocenters. The topological polar surface area (TPSA) is 67.6 Å². The Morgan fingerprint density at radius 1 is 1.19 bits per heavy atom. The van der Waals surface area contributed by atoms with Gasteiger partial charge in [0.15, 0.2) is 5.96 Å². The van der Waals surface area contributed by atoms with Gasteiger partial charge in [-0.05, 0) is 44.7 Å². The number of nitrogens with one attached hydrogen (secondary N) is 1. The van der Waals surface area contributed by atoms with Crippen LogP contribution in [0.25, 0.3) is 0 Å². The van der Waals surface area contributed by atoms with Gasteiger partial charge in [0.1, 0.15) is 17.8 Å². The largest absolute Gasteiger partial charge is 0.370 e. The zero-order chi connectivity index (χ0) is 21.6. The molecule has 1 aromatic carbocycles. The average Bonchev–Trinajstić information content (AvgIpc) is 2.99. The maximum absolute atomic E-state index is 6.13. The lowest BCUT2D eigenvalue weighted by molar-refractivity contribution is -0.00833. The molecule has 0 radical (unpaired) electrons. The van der Waals surface area contributed by atoms with E-state index in [9.17, 15) is 0 Å². The molecule has 1 N–H and O–H groups in total. The number of guanidine groups is 1. The molecule has 8 heteroatoms. The quantitative estimate of drug-likeness (QED) is 0.347. The fourth-order valence-corrected chi connectivity index (χ4v) is 4.63. The van der Waals surface area contributed by atoms with E-state index in [-0.39, 0.29) is 30.1 Å². The van der Waals surface area contributed by atoms with Crippen molar-refractivity contribution in [1.82, 2.24) is 25.0 Å². The van der Waals surface area contributed by atoms with Gasteiger partial charge in [-0.1, -0.05) is 30.2 Å². The van der Waals surface area contributed by atoms with Crippen molar-refractivity contribution in [2.45, 2.75) is 65.5 Å². The number of rotatable bonds is 5. The van der Waals surface area contributed by atoms with Crippen LogP contribution in [0, 0.1) is 13.8 Å². The highest BCUT2D eigenvalue weighted by atomic mass is 127. The molecule has 2 aromatic rings. The van der Waals surface area contributed by atoms with Gasteiger partial charge in [-0.2, -0.15) is 0 Å². The minimum Gasteiger partial charge on any atom is -0.370 e. The van der Waals surface area contributed by atoms with Crippen LogP contribution in [0.15, 0.2) is 23.2 Å². The lowest BCUT2D eigenvalue weighted by atomic mass is 10.00. The smallest absolute Gasteiger partial charge is 0.194 e. The van der Waals surface area contributed by atoms with E-state index in [0.29, 0.717) is 13.2 Å². The van der Waals surface area contributed by atoms with Gasteiger partial charge in [0.05, 0.1) is 13.2 Å². The van der Waals surface area contributed by atoms with Crippen molar-refractivity contribution in [3.05, 3.63) is 46.5 Å². The Labute approximate surface area is 209 Å². The maximum atomic E-state index is 6.13. The van der Waals surface area contributed by atoms with Crippen molar-refractivity contribution in [3.63, 3.8) is 0 Å². The zero-order valence-electron chi connectivity index (χ0n) is 19.6. The summed E-state index contributed by atoms with van der Waals surface area (Å²) in [4.78, 5) is 7.28. The van der Waals surface area contributed by atoms with Crippen LogP contribution in [-0.2, 0) is 24.1 Å². The number of morpholine rings is 1. The standard InChI is InChI=1S/C24H36N6O.HI/c1-4-25-24(26-12-11-23-28-27-22-8-6-5-7-13-30(22)23)29-14-15-31-21(17-29)20-10-9-18(2)16-19(20)3;/h9-10,16,21H,4-8,11-15,17H2,1-3H3,(H,25,26);1H. The summed E-state index contributed by atoms with van der Waals surface area (Å²) in [5.41, 5.74) is 3.86. The summed E-state index contributed by atoms with van der Waals surface area (Å²) in [7, 11) is 0. The fraction of sp³-hybridized carbons (Fsp3) is 0.625. The lowest BCUT2D eigenvalue weighted by Gasteiger charge is -2.36. The molecule has 32 heavy (non-hydrogen) atoms. The maximum Gasteiger partial charge on any atom is 0.194 e. The normalized spacial score (nSPS) is 19.2. The second-order valence-electron chi connectivity index (χ2n) is 8.65. The van der Waals surface area contributed by atoms with Gasteiger partial charge in [-0.15, -0.1) is 34.2 Å². The molecular formula is C24H37IN6O. The number of ether oxygens (including phenoxy) is 1. The van der Waals surface area contributed by atoms with Crippen LogP contribution < -0.4 is 5.32 Å². The van der Waals surface area contributed by atoms with Crippen LogP contribution in [0.4, 0.5) is 0 Å². The first kappa shape index (κ1) is 25.0. The second-order valence-corrected chi connectivity index (χ2v) is 8.65. The first-order chi connectivity index (χ1) is 15.2. The summed E-state index contributed by atoms with van der Waals surface area (Å²) in [5.74, 6) is 3.19. The Balaban J connectivity index is 0.00000289. The molecule has 1 atom stereocenters. The molecule has 0 saturated carbocycles. The molecule has 176 valence electrons. The molecule has 7 nitrogen and oxygen atoms in total. The van der Waals surface area contributed by atoms with E-state index in [1.807, 2.05) is 0 Å². The summed E-state index contributed by atoms with van der Waals surface area (Å²) in [6.07, 6.45) is 5.67. The first-order valence-corrected chi connectivity index (χ1v) is 11.8. The molecule has 4 rings (SSSR count). The van der Waals surface area contributed by atoms with E-state index in [0.717, 1.165) is 56.6 Å². The number of aliphatic imine (C=N–C) groups is 1. The van der Waals surface area contributed by atoms with E-state index >= 15 is 0 Å². The van der Waals surface area contributed by atoms with Crippen LogP contribution in [0.1, 0.15) is 60.6 Å². The van der Waals surface area contributed by atoms with Crippen molar-refractivity contribution < 1.29 is 4.74 Å². The number of hydrogen-bond acceptors (Lipinski definition) is 4. The van der Waals surface area contributed by atoms with Crippen molar-refractivity contribution >= 4 is 29.9 Å². The van der Waals surface area contributed by atoms with E-state index in [2.05, 4.69) is 64.0 Å². The molecule has 0 spiro atoms. The summed E-state index contributed by atoms with van der Waals surface area (Å²) < 4.78 is 8.45. The van der Waals surface area contributed by atoms with Crippen molar-refractivity contribution in [1.29, 1.82) is 0 Å². The van der Waals surface area contributed by atoms with Gasteiger partial charge in [0.2, 0.25) is 0 Å². The predicted octanol–water partition coefficient (Wildman–Crippen LogP) is 3.82. The number of benzene rings is 1. The Hall–Kier alpha value is -1.68. The van der Waals surface area contributed by atoms with Gasteiger partial charge in [0, 0.05) is 39.0 Å². The van der Waals surface area contributed by atoms with E-state index in [4.69, 9.17) is 9.73 Å². The fourth-order valence-electron chi connectivity index (χ4n) is 4.63. The number of halogens is 1. The monoisotopic (exact) mass is 552 g/mol. The average molecular weight is 553 g/mol. The van der Waals surface area contributed by atoms with Gasteiger partial charge >= 0.3 is 0 Å². The molecule has 1 fully saturated rings. The summed E-state index contributed by atoms with van der Waals surface area (Å²) in [5, 5.41) is 12.4.